The molecule has 0 aliphatic heterocycles. The van der Waals surface area contributed by atoms with Crippen molar-refractivity contribution in [3.05, 3.63) is 29.6 Å². The van der Waals surface area contributed by atoms with Crippen molar-refractivity contribution in [3.63, 3.8) is 0 Å². The van der Waals surface area contributed by atoms with Crippen LogP contribution in [-0.2, 0) is 16.0 Å². The lowest BCUT2D eigenvalue weighted by atomic mass is 10.1. The SMILES string of the molecule is CC(=O)Oc1cc(F)ccc1CC(=O)O. The molecule has 1 aromatic carbocycles. The fraction of sp³-hybridized carbons (Fsp3) is 0.200. The number of esters is 1. The molecule has 1 aromatic rings. The molecule has 0 heterocycles. The number of carbonyl (C=O) groups is 2. The Balaban J connectivity index is 3.02. The van der Waals surface area contributed by atoms with Crippen LogP contribution >= 0.6 is 0 Å². The van der Waals surface area contributed by atoms with E-state index in [-0.39, 0.29) is 17.7 Å². The van der Waals surface area contributed by atoms with E-state index in [1.54, 1.807) is 0 Å². The van der Waals surface area contributed by atoms with Crippen molar-refractivity contribution in [2.75, 3.05) is 0 Å². The highest BCUT2D eigenvalue weighted by Crippen LogP contribution is 2.20. The van der Waals surface area contributed by atoms with Crippen LogP contribution in [0.15, 0.2) is 18.2 Å². The zero-order chi connectivity index (χ0) is 11.4. The molecule has 80 valence electrons. The minimum absolute atomic E-state index is 0.0510. The van der Waals surface area contributed by atoms with Crippen LogP contribution in [0.5, 0.6) is 5.75 Å². The number of ether oxygens (including phenoxy) is 1. The van der Waals surface area contributed by atoms with Crippen LogP contribution in [0.2, 0.25) is 0 Å². The van der Waals surface area contributed by atoms with Gasteiger partial charge in [0.05, 0.1) is 6.42 Å². The van der Waals surface area contributed by atoms with Gasteiger partial charge in [-0.25, -0.2) is 4.39 Å². The van der Waals surface area contributed by atoms with Gasteiger partial charge in [0, 0.05) is 18.6 Å². The molecular weight excluding hydrogens is 203 g/mol. The Morgan fingerprint density at radius 1 is 1.47 bits per heavy atom. The Labute approximate surface area is 85.3 Å². The van der Waals surface area contributed by atoms with Crippen molar-refractivity contribution >= 4 is 11.9 Å². The summed E-state index contributed by atoms with van der Waals surface area (Å²) in [5.41, 5.74) is 0.263. The summed E-state index contributed by atoms with van der Waals surface area (Å²) in [6.07, 6.45) is -0.317. The number of carbonyl (C=O) groups excluding carboxylic acids is 1. The molecule has 0 aliphatic carbocycles. The molecule has 1 N–H and O–H groups in total. The van der Waals surface area contributed by atoms with E-state index in [0.29, 0.717) is 0 Å². The van der Waals surface area contributed by atoms with Gasteiger partial charge in [-0.1, -0.05) is 6.07 Å². The standard InChI is InChI=1S/C10H9FO4/c1-6(12)15-9-5-8(11)3-2-7(9)4-10(13)14/h2-3,5H,4H2,1H3,(H,13,14). The van der Waals surface area contributed by atoms with Gasteiger partial charge in [0.2, 0.25) is 0 Å². The van der Waals surface area contributed by atoms with Gasteiger partial charge in [0.25, 0.3) is 0 Å². The highest BCUT2D eigenvalue weighted by molar-refractivity contribution is 5.73. The summed E-state index contributed by atoms with van der Waals surface area (Å²) in [7, 11) is 0. The largest absolute Gasteiger partial charge is 0.481 e. The van der Waals surface area contributed by atoms with Crippen LogP contribution in [0.1, 0.15) is 12.5 Å². The lowest BCUT2D eigenvalue weighted by Gasteiger charge is -2.06. The van der Waals surface area contributed by atoms with E-state index in [1.807, 2.05) is 0 Å². The highest BCUT2D eigenvalue weighted by atomic mass is 19.1. The summed E-state index contributed by atoms with van der Waals surface area (Å²) < 4.78 is 17.5. The molecule has 0 bridgehead atoms. The van der Waals surface area contributed by atoms with E-state index in [2.05, 4.69) is 4.74 Å². The number of benzene rings is 1. The van der Waals surface area contributed by atoms with Gasteiger partial charge in [-0.15, -0.1) is 0 Å². The molecule has 0 aliphatic rings. The van der Waals surface area contributed by atoms with Crippen LogP contribution in [-0.4, -0.2) is 17.0 Å². The Morgan fingerprint density at radius 3 is 2.67 bits per heavy atom. The topological polar surface area (TPSA) is 63.6 Å². The number of carboxylic acids is 1. The van der Waals surface area contributed by atoms with Gasteiger partial charge in [-0.2, -0.15) is 0 Å². The van der Waals surface area contributed by atoms with Crippen molar-refractivity contribution in [1.29, 1.82) is 0 Å². The van der Waals surface area contributed by atoms with E-state index >= 15 is 0 Å². The number of rotatable bonds is 3. The van der Waals surface area contributed by atoms with Crippen LogP contribution in [0.4, 0.5) is 4.39 Å². The molecule has 0 radical (unpaired) electrons. The monoisotopic (exact) mass is 212 g/mol. The second kappa shape index (κ2) is 4.54. The smallest absolute Gasteiger partial charge is 0.308 e. The summed E-state index contributed by atoms with van der Waals surface area (Å²) in [6.45, 7) is 1.16. The van der Waals surface area contributed by atoms with Crippen molar-refractivity contribution in [2.45, 2.75) is 13.3 Å². The Hall–Kier alpha value is -1.91. The number of carboxylic acid groups (broad SMARTS) is 1. The summed E-state index contributed by atoms with van der Waals surface area (Å²) in [5, 5.41) is 8.56. The summed E-state index contributed by atoms with van der Waals surface area (Å²) in [5.74, 6) is -2.33. The molecule has 5 heteroatoms. The summed E-state index contributed by atoms with van der Waals surface area (Å²) >= 11 is 0. The lowest BCUT2D eigenvalue weighted by Crippen LogP contribution is -2.07. The van der Waals surface area contributed by atoms with Gasteiger partial charge < -0.3 is 9.84 Å². The van der Waals surface area contributed by atoms with Crippen molar-refractivity contribution in [2.24, 2.45) is 0 Å². The molecule has 0 saturated carbocycles. The molecule has 0 atom stereocenters. The molecule has 0 spiro atoms. The maximum atomic E-state index is 12.8. The Bertz CT molecular complexity index is 400. The van der Waals surface area contributed by atoms with Gasteiger partial charge in [0.1, 0.15) is 11.6 Å². The third kappa shape index (κ3) is 3.38. The first-order chi connectivity index (χ1) is 6.99. The molecule has 0 aromatic heterocycles. The molecule has 1 rings (SSSR count). The second-order valence-electron chi connectivity index (χ2n) is 2.92. The molecule has 0 unspecified atom stereocenters. The molecule has 0 fully saturated rings. The van der Waals surface area contributed by atoms with Crippen molar-refractivity contribution < 1.29 is 23.8 Å². The quantitative estimate of drug-likeness (QED) is 0.607. The highest BCUT2D eigenvalue weighted by Gasteiger charge is 2.10. The van der Waals surface area contributed by atoms with Gasteiger partial charge in [-0.3, -0.25) is 9.59 Å². The van der Waals surface area contributed by atoms with Crippen LogP contribution in [0, 0.1) is 5.82 Å². The first kappa shape index (κ1) is 11.2. The normalized spacial score (nSPS) is 9.73. The van der Waals surface area contributed by atoms with Crippen LogP contribution in [0.3, 0.4) is 0 Å². The van der Waals surface area contributed by atoms with Crippen molar-refractivity contribution in [1.82, 2.24) is 0 Å². The fourth-order valence-corrected chi connectivity index (χ4v) is 1.09. The average molecular weight is 212 g/mol. The first-order valence-corrected chi connectivity index (χ1v) is 4.17. The second-order valence-corrected chi connectivity index (χ2v) is 2.92. The number of hydrogen-bond donors (Lipinski definition) is 1. The van der Waals surface area contributed by atoms with E-state index in [1.165, 1.54) is 6.07 Å². The minimum Gasteiger partial charge on any atom is -0.481 e. The molecule has 4 nitrogen and oxygen atoms in total. The van der Waals surface area contributed by atoms with Crippen molar-refractivity contribution in [3.8, 4) is 5.75 Å². The maximum absolute atomic E-state index is 12.8. The fourth-order valence-electron chi connectivity index (χ4n) is 1.09. The van der Waals surface area contributed by atoms with Crippen LogP contribution in [0.25, 0.3) is 0 Å². The molecule has 15 heavy (non-hydrogen) atoms. The van der Waals surface area contributed by atoms with Gasteiger partial charge in [0.15, 0.2) is 0 Å². The van der Waals surface area contributed by atoms with Gasteiger partial charge in [-0.05, 0) is 6.07 Å². The van der Waals surface area contributed by atoms with Crippen LogP contribution < -0.4 is 4.74 Å². The number of halogens is 1. The zero-order valence-corrected chi connectivity index (χ0v) is 7.99. The predicted octanol–water partition coefficient (Wildman–Crippen LogP) is 1.38. The van der Waals surface area contributed by atoms with E-state index < -0.39 is 17.8 Å². The molecular formula is C10H9FO4. The molecule has 0 amide bonds. The summed E-state index contributed by atoms with van der Waals surface area (Å²) in [4.78, 5) is 21.1. The van der Waals surface area contributed by atoms with E-state index in [9.17, 15) is 14.0 Å². The average Bonchev–Trinajstić information content (AvgIpc) is 2.08. The lowest BCUT2D eigenvalue weighted by molar-refractivity contribution is -0.136. The predicted molar refractivity (Wildman–Crippen MR) is 49.0 cm³/mol. The van der Waals surface area contributed by atoms with E-state index in [4.69, 9.17) is 5.11 Å². The summed E-state index contributed by atoms with van der Waals surface area (Å²) in [6, 6.07) is 3.38. The van der Waals surface area contributed by atoms with Gasteiger partial charge >= 0.3 is 11.9 Å². The third-order valence-corrected chi connectivity index (χ3v) is 1.62. The third-order valence-electron chi connectivity index (χ3n) is 1.62. The Morgan fingerprint density at radius 2 is 2.13 bits per heavy atom. The number of hydrogen-bond acceptors (Lipinski definition) is 3. The first-order valence-electron chi connectivity index (χ1n) is 4.17. The maximum Gasteiger partial charge on any atom is 0.308 e. The van der Waals surface area contributed by atoms with E-state index in [0.717, 1.165) is 19.1 Å². The zero-order valence-electron chi connectivity index (χ0n) is 7.99. The molecule has 0 saturated heterocycles. The number of aliphatic carboxylic acids is 1. The minimum atomic E-state index is -1.07. The Kier molecular flexibility index (Phi) is 3.38.